The summed E-state index contributed by atoms with van der Waals surface area (Å²) in [7, 11) is 1.51. The summed E-state index contributed by atoms with van der Waals surface area (Å²) in [6, 6.07) is 4.34. The summed E-state index contributed by atoms with van der Waals surface area (Å²) in [5.41, 5.74) is -0.531. The van der Waals surface area contributed by atoms with Crippen LogP contribution in [0.25, 0.3) is 0 Å². The molecule has 0 N–H and O–H groups in total. The number of carbonyl (C=O) groups is 1. The van der Waals surface area contributed by atoms with Crippen LogP contribution in [0.4, 0.5) is 10.1 Å². The number of hydrogen-bond acceptors (Lipinski definition) is 5. The van der Waals surface area contributed by atoms with Gasteiger partial charge in [-0.05, 0) is 35.0 Å². The van der Waals surface area contributed by atoms with Gasteiger partial charge >= 0.3 is 5.97 Å². The van der Waals surface area contributed by atoms with E-state index < -0.39 is 34.6 Å². The number of non-ortho nitro benzene ring substituents is 1. The molecule has 7 nitrogen and oxygen atoms in total. The first-order chi connectivity index (χ1) is 11.2. The largest absolute Gasteiger partial charge is 0.457 e. The van der Waals surface area contributed by atoms with Crippen LogP contribution < -0.4 is 5.56 Å². The van der Waals surface area contributed by atoms with E-state index in [1.165, 1.54) is 17.7 Å². The van der Waals surface area contributed by atoms with E-state index in [4.69, 9.17) is 4.74 Å². The lowest BCUT2D eigenvalue weighted by molar-refractivity contribution is -0.385. The predicted octanol–water partition coefficient (Wildman–Crippen LogP) is 2.86. The maximum atomic E-state index is 13.8. The number of ether oxygens (including phenoxy) is 1. The Labute approximate surface area is 144 Å². The van der Waals surface area contributed by atoms with Crippen LogP contribution in [0.5, 0.6) is 0 Å². The minimum atomic E-state index is -0.908. The summed E-state index contributed by atoms with van der Waals surface area (Å²) in [5.74, 6) is -1.77. The van der Waals surface area contributed by atoms with Gasteiger partial charge in [0.2, 0.25) is 0 Å². The predicted molar refractivity (Wildman–Crippen MR) is 86.3 cm³/mol. The highest BCUT2D eigenvalue weighted by Gasteiger charge is 2.18. The first kappa shape index (κ1) is 17.8. The van der Waals surface area contributed by atoms with Crippen LogP contribution in [0.3, 0.4) is 0 Å². The standard InChI is InChI=1S/C15H12BrFN2O5/c1-8-12(16)6-11(14(20)18(8)2)15(21)24-7-9-3-4-10(19(22)23)5-13(9)17/h3-6H,7H2,1-2H3. The Morgan fingerprint density at radius 2 is 2.08 bits per heavy atom. The molecule has 0 saturated carbocycles. The Morgan fingerprint density at radius 3 is 2.67 bits per heavy atom. The van der Waals surface area contributed by atoms with Crippen LogP contribution in [-0.2, 0) is 18.4 Å². The second-order valence-corrected chi connectivity index (χ2v) is 5.82. The van der Waals surface area contributed by atoms with E-state index >= 15 is 0 Å². The van der Waals surface area contributed by atoms with Gasteiger partial charge in [0, 0.05) is 28.8 Å². The first-order valence-corrected chi connectivity index (χ1v) is 7.47. The van der Waals surface area contributed by atoms with Crippen LogP contribution in [0, 0.1) is 22.9 Å². The number of rotatable bonds is 4. The van der Waals surface area contributed by atoms with Crippen molar-refractivity contribution in [1.29, 1.82) is 0 Å². The van der Waals surface area contributed by atoms with Gasteiger partial charge in [0.15, 0.2) is 0 Å². The van der Waals surface area contributed by atoms with E-state index in [-0.39, 0.29) is 11.1 Å². The highest BCUT2D eigenvalue weighted by molar-refractivity contribution is 9.10. The Morgan fingerprint density at radius 1 is 1.42 bits per heavy atom. The van der Waals surface area contributed by atoms with E-state index in [2.05, 4.69) is 15.9 Å². The molecule has 1 aromatic carbocycles. The average Bonchev–Trinajstić information content (AvgIpc) is 2.54. The molecular weight excluding hydrogens is 387 g/mol. The van der Waals surface area contributed by atoms with Crippen molar-refractivity contribution in [3.8, 4) is 0 Å². The third kappa shape index (κ3) is 3.51. The van der Waals surface area contributed by atoms with Crippen LogP contribution in [0.2, 0.25) is 0 Å². The number of hydrogen-bond donors (Lipinski definition) is 0. The summed E-state index contributed by atoms with van der Waals surface area (Å²) < 4.78 is 20.5. The zero-order chi connectivity index (χ0) is 18.0. The second kappa shape index (κ2) is 6.91. The van der Waals surface area contributed by atoms with Gasteiger partial charge in [-0.3, -0.25) is 14.9 Å². The molecule has 0 radical (unpaired) electrons. The lowest BCUT2D eigenvalue weighted by Crippen LogP contribution is -2.27. The van der Waals surface area contributed by atoms with E-state index in [1.807, 2.05) is 0 Å². The molecule has 126 valence electrons. The van der Waals surface area contributed by atoms with E-state index in [0.717, 1.165) is 18.2 Å². The summed E-state index contributed by atoms with van der Waals surface area (Å²) in [4.78, 5) is 34.0. The van der Waals surface area contributed by atoms with Gasteiger partial charge in [-0.25, -0.2) is 9.18 Å². The van der Waals surface area contributed by atoms with Crippen molar-refractivity contribution >= 4 is 27.6 Å². The fourth-order valence-corrected chi connectivity index (χ4v) is 2.42. The number of benzene rings is 1. The normalized spacial score (nSPS) is 10.5. The molecule has 2 rings (SSSR count). The smallest absolute Gasteiger partial charge is 0.344 e. The molecular formula is C15H12BrFN2O5. The zero-order valence-electron chi connectivity index (χ0n) is 12.7. The highest BCUT2D eigenvalue weighted by Crippen LogP contribution is 2.18. The number of nitro benzene ring substituents is 1. The van der Waals surface area contributed by atoms with Crippen molar-refractivity contribution < 1.29 is 18.8 Å². The molecule has 0 fully saturated rings. The van der Waals surface area contributed by atoms with Gasteiger partial charge in [0.1, 0.15) is 18.0 Å². The van der Waals surface area contributed by atoms with Crippen LogP contribution in [0.15, 0.2) is 33.5 Å². The number of esters is 1. The molecule has 1 heterocycles. The van der Waals surface area contributed by atoms with Crippen LogP contribution in [0.1, 0.15) is 21.6 Å². The SMILES string of the molecule is Cc1c(Br)cc(C(=O)OCc2ccc([N+](=O)[O-])cc2F)c(=O)n1C. The van der Waals surface area contributed by atoms with Crippen LogP contribution in [-0.4, -0.2) is 15.5 Å². The van der Waals surface area contributed by atoms with Gasteiger partial charge in [-0.2, -0.15) is 0 Å². The Balaban J connectivity index is 2.20. The van der Waals surface area contributed by atoms with Crippen molar-refractivity contribution in [3.05, 3.63) is 71.8 Å². The number of nitrogens with zero attached hydrogens (tertiary/aromatic N) is 2. The Kier molecular flexibility index (Phi) is 5.13. The van der Waals surface area contributed by atoms with Crippen molar-refractivity contribution in [2.45, 2.75) is 13.5 Å². The summed E-state index contributed by atoms with van der Waals surface area (Å²) >= 11 is 3.24. The van der Waals surface area contributed by atoms with Gasteiger partial charge in [-0.1, -0.05) is 0 Å². The van der Waals surface area contributed by atoms with Crippen molar-refractivity contribution in [1.82, 2.24) is 4.57 Å². The lowest BCUT2D eigenvalue weighted by atomic mass is 10.2. The summed E-state index contributed by atoms with van der Waals surface area (Å²) in [6.07, 6.45) is 0. The van der Waals surface area contributed by atoms with Gasteiger partial charge < -0.3 is 9.30 Å². The fraction of sp³-hybridized carbons (Fsp3) is 0.200. The molecule has 0 saturated heterocycles. The molecule has 0 unspecified atom stereocenters. The van der Waals surface area contributed by atoms with Crippen molar-refractivity contribution in [2.75, 3.05) is 0 Å². The average molecular weight is 399 g/mol. The van der Waals surface area contributed by atoms with Gasteiger partial charge in [-0.15, -0.1) is 0 Å². The molecule has 0 aliphatic heterocycles. The maximum absolute atomic E-state index is 13.8. The third-order valence-corrected chi connectivity index (χ3v) is 4.28. The molecule has 0 atom stereocenters. The molecule has 24 heavy (non-hydrogen) atoms. The van der Waals surface area contributed by atoms with E-state index in [9.17, 15) is 24.1 Å². The topological polar surface area (TPSA) is 91.4 Å². The van der Waals surface area contributed by atoms with E-state index in [0.29, 0.717) is 10.2 Å². The minimum Gasteiger partial charge on any atom is -0.457 e. The maximum Gasteiger partial charge on any atom is 0.344 e. The molecule has 0 bridgehead atoms. The number of aromatic nitrogens is 1. The van der Waals surface area contributed by atoms with Gasteiger partial charge in [0.25, 0.3) is 11.2 Å². The molecule has 0 aliphatic rings. The Bertz CT molecular complexity index is 894. The number of nitro groups is 1. The highest BCUT2D eigenvalue weighted by atomic mass is 79.9. The van der Waals surface area contributed by atoms with Crippen molar-refractivity contribution in [2.24, 2.45) is 7.05 Å². The van der Waals surface area contributed by atoms with Crippen molar-refractivity contribution in [3.63, 3.8) is 0 Å². The van der Waals surface area contributed by atoms with Gasteiger partial charge in [0.05, 0.1) is 11.0 Å². The molecule has 9 heteroatoms. The number of pyridine rings is 1. The zero-order valence-corrected chi connectivity index (χ0v) is 14.3. The lowest BCUT2D eigenvalue weighted by Gasteiger charge is -2.10. The summed E-state index contributed by atoms with van der Waals surface area (Å²) in [6.45, 7) is 1.25. The third-order valence-electron chi connectivity index (χ3n) is 3.48. The monoisotopic (exact) mass is 398 g/mol. The quantitative estimate of drug-likeness (QED) is 0.448. The van der Waals surface area contributed by atoms with E-state index in [1.54, 1.807) is 6.92 Å². The second-order valence-electron chi connectivity index (χ2n) is 4.96. The molecule has 1 aromatic heterocycles. The fourth-order valence-electron chi connectivity index (χ4n) is 1.92. The summed E-state index contributed by atoms with van der Waals surface area (Å²) in [5, 5.41) is 10.6. The Hall–Kier alpha value is -2.55. The molecule has 2 aromatic rings. The number of halogens is 2. The minimum absolute atomic E-state index is 0.0306. The van der Waals surface area contributed by atoms with Crippen LogP contribution >= 0.6 is 15.9 Å². The number of carbonyl (C=O) groups excluding carboxylic acids is 1. The first-order valence-electron chi connectivity index (χ1n) is 6.68. The molecule has 0 spiro atoms. The molecule has 0 amide bonds. The molecule has 0 aliphatic carbocycles.